The molecule has 148 valence electrons. The smallest absolute Gasteiger partial charge is 0.275 e. The van der Waals surface area contributed by atoms with E-state index >= 15 is 0 Å². The number of nitrogens with zero attached hydrogens (tertiary/aromatic N) is 3. The fourth-order valence-electron chi connectivity index (χ4n) is 2.76. The quantitative estimate of drug-likeness (QED) is 0.638. The Morgan fingerprint density at radius 3 is 2.79 bits per heavy atom. The fraction of sp³-hybridized carbons (Fsp3) is 0.400. The molecular weight excluding hydrogens is 392 g/mol. The predicted molar refractivity (Wildman–Crippen MR) is 115 cm³/mol. The van der Waals surface area contributed by atoms with Gasteiger partial charge in [0.25, 0.3) is 5.56 Å². The van der Waals surface area contributed by atoms with Crippen molar-refractivity contribution in [2.75, 3.05) is 5.75 Å². The minimum atomic E-state index is -0.177. The van der Waals surface area contributed by atoms with Crippen molar-refractivity contribution in [3.63, 3.8) is 0 Å². The average molecular weight is 417 g/mol. The second kappa shape index (κ2) is 8.87. The van der Waals surface area contributed by atoms with Crippen LogP contribution in [0.1, 0.15) is 47.3 Å². The van der Waals surface area contributed by atoms with Gasteiger partial charge in [0.1, 0.15) is 5.01 Å². The summed E-state index contributed by atoms with van der Waals surface area (Å²) < 4.78 is 1.34. The predicted octanol–water partition coefficient (Wildman–Crippen LogP) is 3.44. The number of nitrogens with one attached hydrogen (secondary N) is 1. The summed E-state index contributed by atoms with van der Waals surface area (Å²) >= 11 is 2.87. The minimum absolute atomic E-state index is 0.0282. The molecule has 8 heteroatoms. The molecule has 2 heterocycles. The van der Waals surface area contributed by atoms with Crippen LogP contribution in [0.15, 0.2) is 29.1 Å². The highest BCUT2D eigenvalue weighted by molar-refractivity contribution is 7.99. The average Bonchev–Trinajstić information content (AvgIpc) is 3.08. The molecule has 0 bridgehead atoms. The van der Waals surface area contributed by atoms with Crippen LogP contribution in [-0.2, 0) is 17.0 Å². The number of benzene rings is 1. The zero-order valence-electron chi connectivity index (χ0n) is 16.5. The Morgan fingerprint density at radius 2 is 2.07 bits per heavy atom. The monoisotopic (exact) mass is 416 g/mol. The van der Waals surface area contributed by atoms with E-state index in [9.17, 15) is 9.59 Å². The van der Waals surface area contributed by atoms with E-state index in [1.807, 2.05) is 19.9 Å². The molecule has 0 unspecified atom stereocenters. The Labute approximate surface area is 172 Å². The van der Waals surface area contributed by atoms with Crippen LogP contribution in [0.25, 0.3) is 4.96 Å². The van der Waals surface area contributed by atoms with Gasteiger partial charge in [0, 0.05) is 11.8 Å². The van der Waals surface area contributed by atoms with Gasteiger partial charge in [0.2, 0.25) is 10.9 Å². The summed E-state index contributed by atoms with van der Waals surface area (Å²) in [5, 5.41) is 8.15. The molecule has 0 aliphatic carbocycles. The normalized spacial score (nSPS) is 12.3. The number of fused-ring (bicyclic) bond motifs is 1. The minimum Gasteiger partial charge on any atom is -0.349 e. The van der Waals surface area contributed by atoms with Gasteiger partial charge in [0.05, 0.1) is 17.5 Å². The lowest BCUT2D eigenvalue weighted by Gasteiger charge is -2.15. The number of aromatic nitrogens is 3. The lowest BCUT2D eigenvalue weighted by molar-refractivity contribution is -0.119. The van der Waals surface area contributed by atoms with E-state index in [0.29, 0.717) is 22.2 Å². The molecule has 1 aromatic carbocycles. The number of hydrogen-bond acceptors (Lipinski definition) is 6. The third-order valence-corrected chi connectivity index (χ3v) is 6.55. The van der Waals surface area contributed by atoms with Crippen molar-refractivity contribution in [3.8, 4) is 0 Å². The second-order valence-corrected chi connectivity index (χ2v) is 8.78. The van der Waals surface area contributed by atoms with Crippen LogP contribution in [0.5, 0.6) is 0 Å². The van der Waals surface area contributed by atoms with Crippen LogP contribution in [0, 0.1) is 13.8 Å². The van der Waals surface area contributed by atoms with E-state index in [2.05, 4.69) is 41.4 Å². The SMILES string of the molecule is CCc1nn2c(=O)cc(CSCC(=O)N[C@@H](C)c3ccc(C)c(C)c3)nc2s1. The molecule has 0 saturated heterocycles. The highest BCUT2D eigenvalue weighted by Crippen LogP contribution is 2.18. The molecular formula is C20H24N4O2S2. The zero-order chi connectivity index (χ0) is 20.3. The van der Waals surface area contributed by atoms with Crippen LogP contribution >= 0.6 is 23.1 Å². The molecule has 1 amide bonds. The largest absolute Gasteiger partial charge is 0.349 e. The molecule has 6 nitrogen and oxygen atoms in total. The Bertz CT molecular complexity index is 1060. The maximum atomic E-state index is 12.3. The number of rotatable bonds is 7. The molecule has 2 aromatic heterocycles. The van der Waals surface area contributed by atoms with Crippen molar-refractivity contribution in [3.05, 3.63) is 62.0 Å². The number of thioether (sulfide) groups is 1. The highest BCUT2D eigenvalue weighted by Gasteiger charge is 2.12. The number of aryl methyl sites for hydroxylation is 3. The summed E-state index contributed by atoms with van der Waals surface area (Å²) in [6.07, 6.45) is 0.774. The second-order valence-electron chi connectivity index (χ2n) is 6.76. The van der Waals surface area contributed by atoms with Crippen molar-refractivity contribution < 1.29 is 4.79 Å². The first kappa shape index (κ1) is 20.5. The molecule has 28 heavy (non-hydrogen) atoms. The molecule has 0 aliphatic heterocycles. The number of hydrogen-bond donors (Lipinski definition) is 1. The molecule has 0 saturated carbocycles. The Kier molecular flexibility index (Phi) is 6.51. The van der Waals surface area contributed by atoms with Crippen molar-refractivity contribution in [2.45, 2.75) is 45.9 Å². The van der Waals surface area contributed by atoms with Crippen LogP contribution in [0.3, 0.4) is 0 Å². The lowest BCUT2D eigenvalue weighted by Crippen LogP contribution is -2.28. The van der Waals surface area contributed by atoms with Crippen LogP contribution in [0.4, 0.5) is 0 Å². The number of amides is 1. The number of carbonyl (C=O) groups excluding carboxylic acids is 1. The highest BCUT2D eigenvalue weighted by atomic mass is 32.2. The van der Waals surface area contributed by atoms with Gasteiger partial charge in [-0.1, -0.05) is 36.5 Å². The van der Waals surface area contributed by atoms with Crippen molar-refractivity contribution >= 4 is 34.0 Å². The van der Waals surface area contributed by atoms with Gasteiger partial charge in [-0.05, 0) is 43.9 Å². The topological polar surface area (TPSA) is 76.4 Å². The van der Waals surface area contributed by atoms with E-state index in [4.69, 9.17) is 0 Å². The van der Waals surface area contributed by atoms with Crippen molar-refractivity contribution in [1.82, 2.24) is 19.9 Å². The maximum absolute atomic E-state index is 12.3. The number of carbonyl (C=O) groups is 1. The van der Waals surface area contributed by atoms with Gasteiger partial charge >= 0.3 is 0 Å². The van der Waals surface area contributed by atoms with Gasteiger partial charge in [-0.25, -0.2) is 4.98 Å². The fourth-order valence-corrected chi connectivity index (χ4v) is 4.35. The van der Waals surface area contributed by atoms with Gasteiger partial charge < -0.3 is 5.32 Å². The van der Waals surface area contributed by atoms with E-state index in [0.717, 1.165) is 17.0 Å². The molecule has 0 aliphatic rings. The van der Waals surface area contributed by atoms with Crippen molar-refractivity contribution in [2.24, 2.45) is 0 Å². The molecule has 3 rings (SSSR count). The maximum Gasteiger partial charge on any atom is 0.275 e. The molecule has 1 atom stereocenters. The van der Waals surface area contributed by atoms with E-state index in [1.165, 1.54) is 44.8 Å². The molecule has 1 N–H and O–H groups in total. The summed E-state index contributed by atoms with van der Waals surface area (Å²) in [6.45, 7) is 8.13. The molecule has 0 spiro atoms. The standard InChI is InChI=1S/C20H24N4O2S2/c1-5-18-23-24-19(26)9-16(22-20(24)28-18)10-27-11-17(25)21-14(4)15-7-6-12(2)13(3)8-15/h6-9,14H,5,10-11H2,1-4H3,(H,21,25)/t14-/m0/s1. The van der Waals surface area contributed by atoms with Crippen LogP contribution in [0.2, 0.25) is 0 Å². The third-order valence-electron chi connectivity index (χ3n) is 4.53. The van der Waals surface area contributed by atoms with Gasteiger partial charge in [-0.15, -0.1) is 11.8 Å². The Balaban J connectivity index is 1.55. The summed E-state index contributed by atoms with van der Waals surface area (Å²) in [6, 6.07) is 7.68. The lowest BCUT2D eigenvalue weighted by atomic mass is 10.0. The summed E-state index contributed by atoms with van der Waals surface area (Å²) in [5.41, 5.74) is 4.06. The van der Waals surface area contributed by atoms with E-state index in [1.54, 1.807) is 0 Å². The summed E-state index contributed by atoms with van der Waals surface area (Å²) in [7, 11) is 0. The molecule has 0 fully saturated rings. The Morgan fingerprint density at radius 1 is 1.29 bits per heavy atom. The van der Waals surface area contributed by atoms with Gasteiger partial charge in [-0.3, -0.25) is 9.59 Å². The van der Waals surface area contributed by atoms with Crippen LogP contribution in [-0.4, -0.2) is 26.3 Å². The first-order valence-electron chi connectivity index (χ1n) is 9.20. The third kappa shape index (κ3) is 4.80. The zero-order valence-corrected chi connectivity index (χ0v) is 18.1. The first-order valence-corrected chi connectivity index (χ1v) is 11.2. The molecule has 3 aromatic rings. The summed E-state index contributed by atoms with van der Waals surface area (Å²) in [4.78, 5) is 29.5. The van der Waals surface area contributed by atoms with Crippen LogP contribution < -0.4 is 10.9 Å². The summed E-state index contributed by atoms with van der Waals surface area (Å²) in [5.74, 6) is 0.801. The Hall–Kier alpha value is -2.19. The van der Waals surface area contributed by atoms with E-state index < -0.39 is 0 Å². The van der Waals surface area contributed by atoms with Gasteiger partial charge in [0.15, 0.2) is 0 Å². The van der Waals surface area contributed by atoms with E-state index in [-0.39, 0.29) is 17.5 Å². The first-order chi connectivity index (χ1) is 13.4. The van der Waals surface area contributed by atoms with Crippen molar-refractivity contribution in [1.29, 1.82) is 0 Å². The molecule has 0 radical (unpaired) electrons. The van der Waals surface area contributed by atoms with Gasteiger partial charge in [-0.2, -0.15) is 9.61 Å².